The number of fused-ring (bicyclic) bond motifs is 1. The lowest BCUT2D eigenvalue weighted by atomic mass is 9.99. The Morgan fingerprint density at radius 3 is 2.43 bits per heavy atom. The molecule has 4 aromatic rings. The maximum atomic E-state index is 6.05. The van der Waals surface area contributed by atoms with Crippen LogP contribution in [0.2, 0.25) is 5.02 Å². The number of nitrogens with zero attached hydrogens (tertiary/aromatic N) is 2. The van der Waals surface area contributed by atoms with Crippen molar-refractivity contribution in [1.82, 2.24) is 9.55 Å². The van der Waals surface area contributed by atoms with Crippen molar-refractivity contribution in [2.75, 3.05) is 6.61 Å². The van der Waals surface area contributed by atoms with Crippen LogP contribution in [0.5, 0.6) is 5.75 Å². The molecule has 1 aromatic heterocycles. The van der Waals surface area contributed by atoms with Gasteiger partial charge < -0.3 is 9.30 Å². The van der Waals surface area contributed by atoms with Crippen LogP contribution in [-0.4, -0.2) is 16.2 Å². The first kappa shape index (κ1) is 20.5. The van der Waals surface area contributed by atoms with Gasteiger partial charge in [-0.2, -0.15) is 0 Å². The fraction of sp³-hybridized carbons (Fsp3) is 0.269. The number of para-hydroxylation sites is 2. The average molecular weight is 419 g/mol. The topological polar surface area (TPSA) is 27.1 Å². The maximum absolute atomic E-state index is 6.05. The molecular formula is C26H27ClN2O. The highest BCUT2D eigenvalue weighted by atomic mass is 35.5. The van der Waals surface area contributed by atoms with Gasteiger partial charge in [-0.3, -0.25) is 0 Å². The molecule has 3 aromatic carbocycles. The van der Waals surface area contributed by atoms with Crippen LogP contribution >= 0.6 is 11.6 Å². The lowest BCUT2D eigenvalue weighted by Gasteiger charge is -2.13. The lowest BCUT2D eigenvalue weighted by molar-refractivity contribution is 0.298. The van der Waals surface area contributed by atoms with E-state index in [1.54, 1.807) is 0 Å². The lowest BCUT2D eigenvalue weighted by Crippen LogP contribution is -2.11. The van der Waals surface area contributed by atoms with Gasteiger partial charge in [-0.25, -0.2) is 4.98 Å². The smallest absolute Gasteiger partial charge is 0.119 e. The summed E-state index contributed by atoms with van der Waals surface area (Å²) in [4.78, 5) is 4.87. The molecule has 0 aliphatic rings. The average Bonchev–Trinajstić information content (AvgIpc) is 3.12. The van der Waals surface area contributed by atoms with Crippen LogP contribution in [0.1, 0.15) is 43.1 Å². The van der Waals surface area contributed by atoms with Gasteiger partial charge in [0.1, 0.15) is 18.2 Å². The Morgan fingerprint density at radius 1 is 0.967 bits per heavy atom. The quantitative estimate of drug-likeness (QED) is 0.312. The summed E-state index contributed by atoms with van der Waals surface area (Å²) >= 11 is 6.03. The first-order valence-electron chi connectivity index (χ1n) is 10.6. The molecule has 0 aliphatic heterocycles. The third-order valence-electron chi connectivity index (χ3n) is 5.65. The minimum absolute atomic E-state index is 0.576. The van der Waals surface area contributed by atoms with Crippen molar-refractivity contribution >= 4 is 22.6 Å². The largest absolute Gasteiger partial charge is 0.492 e. The molecule has 0 N–H and O–H groups in total. The summed E-state index contributed by atoms with van der Waals surface area (Å²) in [6.45, 7) is 5.81. The minimum Gasteiger partial charge on any atom is -0.492 e. The van der Waals surface area contributed by atoms with Gasteiger partial charge in [0.2, 0.25) is 0 Å². The molecule has 0 saturated heterocycles. The van der Waals surface area contributed by atoms with E-state index < -0.39 is 0 Å². The predicted octanol–water partition coefficient (Wildman–Crippen LogP) is 6.87. The Labute approximate surface area is 183 Å². The molecule has 1 unspecified atom stereocenters. The highest BCUT2D eigenvalue weighted by Gasteiger charge is 2.11. The number of halogens is 1. The summed E-state index contributed by atoms with van der Waals surface area (Å²) in [7, 11) is 0. The Hall–Kier alpha value is -2.78. The van der Waals surface area contributed by atoms with Crippen LogP contribution in [0.4, 0.5) is 0 Å². The van der Waals surface area contributed by atoms with Crippen molar-refractivity contribution < 1.29 is 4.74 Å². The minimum atomic E-state index is 0.576. The van der Waals surface area contributed by atoms with E-state index in [0.717, 1.165) is 47.0 Å². The Kier molecular flexibility index (Phi) is 6.39. The number of rotatable bonds is 8. The third-order valence-corrected chi connectivity index (χ3v) is 5.91. The molecule has 0 fully saturated rings. The molecule has 0 spiro atoms. The monoisotopic (exact) mass is 418 g/mol. The van der Waals surface area contributed by atoms with Crippen molar-refractivity contribution in [3.63, 3.8) is 0 Å². The molecule has 3 nitrogen and oxygen atoms in total. The summed E-state index contributed by atoms with van der Waals surface area (Å²) in [5.41, 5.74) is 4.70. The van der Waals surface area contributed by atoms with Crippen molar-refractivity contribution in [1.29, 1.82) is 0 Å². The van der Waals surface area contributed by atoms with Crippen molar-refractivity contribution in [3.05, 3.63) is 94.8 Å². The van der Waals surface area contributed by atoms with Crippen LogP contribution in [0, 0.1) is 0 Å². The Morgan fingerprint density at radius 2 is 1.70 bits per heavy atom. The number of imidazole rings is 1. The van der Waals surface area contributed by atoms with Gasteiger partial charge in [-0.05, 0) is 59.9 Å². The highest BCUT2D eigenvalue weighted by Crippen LogP contribution is 2.22. The number of hydrogen-bond acceptors (Lipinski definition) is 2. The molecule has 0 bridgehead atoms. The number of hydrogen-bond donors (Lipinski definition) is 0. The summed E-state index contributed by atoms with van der Waals surface area (Å²) in [6, 6.07) is 24.7. The SMILES string of the molecule is CCC(C)c1ccc(OCCn2c(Cc3ccc(Cl)cc3)nc3ccccc32)cc1. The van der Waals surface area contributed by atoms with E-state index in [2.05, 4.69) is 73.0 Å². The van der Waals surface area contributed by atoms with Crippen LogP contribution in [0.25, 0.3) is 11.0 Å². The number of ether oxygens (including phenoxy) is 1. The molecule has 4 rings (SSSR count). The Balaban J connectivity index is 1.49. The molecule has 0 saturated carbocycles. The molecule has 1 atom stereocenters. The van der Waals surface area contributed by atoms with Gasteiger partial charge in [0, 0.05) is 11.4 Å². The number of aromatic nitrogens is 2. The van der Waals surface area contributed by atoms with Gasteiger partial charge in [0.05, 0.1) is 17.6 Å². The molecule has 0 radical (unpaired) electrons. The summed E-state index contributed by atoms with van der Waals surface area (Å²) in [5, 5.41) is 0.750. The van der Waals surface area contributed by atoms with E-state index in [0.29, 0.717) is 12.5 Å². The van der Waals surface area contributed by atoms with E-state index in [4.69, 9.17) is 21.3 Å². The van der Waals surface area contributed by atoms with Crippen molar-refractivity contribution in [2.24, 2.45) is 0 Å². The second-order valence-electron chi connectivity index (χ2n) is 7.70. The first-order valence-corrected chi connectivity index (χ1v) is 10.9. The van der Waals surface area contributed by atoms with E-state index in [1.165, 1.54) is 11.1 Å². The normalized spacial score (nSPS) is 12.2. The zero-order valence-electron chi connectivity index (χ0n) is 17.5. The van der Waals surface area contributed by atoms with Gasteiger partial charge >= 0.3 is 0 Å². The van der Waals surface area contributed by atoms with E-state index in [9.17, 15) is 0 Å². The van der Waals surface area contributed by atoms with Crippen LogP contribution < -0.4 is 4.74 Å². The van der Waals surface area contributed by atoms with Crippen molar-refractivity contribution in [2.45, 2.75) is 39.2 Å². The highest BCUT2D eigenvalue weighted by molar-refractivity contribution is 6.30. The summed E-state index contributed by atoms with van der Waals surface area (Å²) in [5.74, 6) is 2.52. The fourth-order valence-corrected chi connectivity index (χ4v) is 3.80. The molecule has 1 heterocycles. The van der Waals surface area contributed by atoms with Crippen LogP contribution in [0.3, 0.4) is 0 Å². The zero-order chi connectivity index (χ0) is 20.9. The molecule has 30 heavy (non-hydrogen) atoms. The second kappa shape index (κ2) is 9.36. The van der Waals surface area contributed by atoms with Crippen molar-refractivity contribution in [3.8, 4) is 5.75 Å². The molecule has 0 amide bonds. The maximum Gasteiger partial charge on any atom is 0.119 e. The summed E-state index contributed by atoms with van der Waals surface area (Å²) < 4.78 is 8.31. The predicted molar refractivity (Wildman–Crippen MR) is 125 cm³/mol. The first-order chi connectivity index (χ1) is 14.6. The van der Waals surface area contributed by atoms with Gasteiger partial charge in [0.25, 0.3) is 0 Å². The fourth-order valence-electron chi connectivity index (χ4n) is 3.68. The van der Waals surface area contributed by atoms with E-state index in [1.807, 2.05) is 18.2 Å². The van der Waals surface area contributed by atoms with E-state index >= 15 is 0 Å². The van der Waals surface area contributed by atoms with Gasteiger partial charge in [-0.1, -0.05) is 61.8 Å². The van der Waals surface area contributed by atoms with Gasteiger partial charge in [-0.15, -0.1) is 0 Å². The summed E-state index contributed by atoms with van der Waals surface area (Å²) in [6.07, 6.45) is 1.90. The standard InChI is InChI=1S/C26H27ClN2O/c1-3-19(2)21-10-14-23(15-11-21)30-17-16-29-25-7-5-4-6-24(25)28-26(29)18-20-8-12-22(27)13-9-20/h4-15,19H,3,16-18H2,1-2H3. The van der Waals surface area contributed by atoms with Gasteiger partial charge in [0.15, 0.2) is 0 Å². The molecule has 0 aliphatic carbocycles. The molecule has 154 valence electrons. The Bertz CT molecular complexity index is 1100. The zero-order valence-corrected chi connectivity index (χ0v) is 18.3. The number of benzene rings is 3. The van der Waals surface area contributed by atoms with Crippen LogP contribution in [-0.2, 0) is 13.0 Å². The third kappa shape index (κ3) is 4.68. The van der Waals surface area contributed by atoms with E-state index in [-0.39, 0.29) is 0 Å². The van der Waals surface area contributed by atoms with Crippen LogP contribution in [0.15, 0.2) is 72.8 Å². The molecule has 4 heteroatoms. The molecular weight excluding hydrogens is 392 g/mol. The second-order valence-corrected chi connectivity index (χ2v) is 8.13.